The van der Waals surface area contributed by atoms with Gasteiger partial charge in [0.1, 0.15) is 5.75 Å². The minimum atomic E-state index is 0.0459. The zero-order valence-corrected chi connectivity index (χ0v) is 12.2. The molecule has 1 heterocycles. The average Bonchev–Trinajstić information content (AvgIpc) is 2.91. The maximum absolute atomic E-state index is 12.2. The predicted molar refractivity (Wildman–Crippen MR) is 82.1 cm³/mol. The van der Waals surface area contributed by atoms with E-state index in [2.05, 4.69) is 17.5 Å². The third-order valence-electron chi connectivity index (χ3n) is 4.51. The van der Waals surface area contributed by atoms with Gasteiger partial charge in [0, 0.05) is 19.6 Å². The van der Waals surface area contributed by atoms with Crippen molar-refractivity contribution in [1.29, 1.82) is 0 Å². The molecule has 1 fully saturated rings. The molecule has 0 spiro atoms. The summed E-state index contributed by atoms with van der Waals surface area (Å²) >= 11 is 0. The van der Waals surface area contributed by atoms with E-state index in [0.29, 0.717) is 18.4 Å². The number of urea groups is 1. The summed E-state index contributed by atoms with van der Waals surface area (Å²) in [5.41, 5.74) is 1.04. The van der Waals surface area contributed by atoms with Crippen molar-refractivity contribution in [1.82, 2.24) is 10.2 Å². The van der Waals surface area contributed by atoms with Gasteiger partial charge in [-0.3, -0.25) is 0 Å². The van der Waals surface area contributed by atoms with E-state index in [1.54, 1.807) is 12.1 Å². The van der Waals surface area contributed by atoms with Crippen LogP contribution in [-0.4, -0.2) is 35.7 Å². The van der Waals surface area contributed by atoms with Crippen molar-refractivity contribution < 1.29 is 9.90 Å². The first kappa shape index (κ1) is 14.0. The summed E-state index contributed by atoms with van der Waals surface area (Å²) in [6, 6.07) is 7.22. The Morgan fingerprint density at radius 3 is 2.62 bits per heavy atom. The average molecular weight is 286 g/mol. The van der Waals surface area contributed by atoms with Crippen LogP contribution in [0.1, 0.15) is 18.4 Å². The molecule has 112 valence electrons. The van der Waals surface area contributed by atoms with E-state index in [0.717, 1.165) is 37.9 Å². The van der Waals surface area contributed by atoms with Gasteiger partial charge in [-0.05, 0) is 48.8 Å². The highest BCUT2D eigenvalue weighted by molar-refractivity contribution is 5.74. The number of benzene rings is 1. The van der Waals surface area contributed by atoms with Gasteiger partial charge in [0.05, 0.1) is 0 Å². The number of aromatic hydroxyl groups is 1. The SMILES string of the molecule is O=C(NCCc1cccc(O)c1)N1CC2CC=CCC2C1. The highest BCUT2D eigenvalue weighted by Crippen LogP contribution is 2.32. The monoisotopic (exact) mass is 286 g/mol. The van der Waals surface area contributed by atoms with Crippen LogP contribution in [0.25, 0.3) is 0 Å². The quantitative estimate of drug-likeness (QED) is 0.839. The van der Waals surface area contributed by atoms with Crippen molar-refractivity contribution >= 4 is 6.03 Å². The molecular formula is C17H22N2O2. The van der Waals surface area contributed by atoms with Crippen molar-refractivity contribution in [3.63, 3.8) is 0 Å². The highest BCUT2D eigenvalue weighted by Gasteiger charge is 2.34. The molecule has 4 nitrogen and oxygen atoms in total. The lowest BCUT2D eigenvalue weighted by molar-refractivity contribution is 0.206. The molecule has 0 radical (unpaired) electrons. The molecule has 2 amide bonds. The van der Waals surface area contributed by atoms with E-state index in [9.17, 15) is 9.90 Å². The minimum absolute atomic E-state index is 0.0459. The normalized spacial score (nSPS) is 23.9. The number of nitrogens with zero attached hydrogens (tertiary/aromatic N) is 1. The van der Waals surface area contributed by atoms with Gasteiger partial charge in [-0.2, -0.15) is 0 Å². The molecule has 2 unspecified atom stereocenters. The third-order valence-corrected chi connectivity index (χ3v) is 4.51. The Kier molecular flexibility index (Phi) is 4.13. The van der Waals surface area contributed by atoms with Crippen molar-refractivity contribution in [3.8, 4) is 5.75 Å². The Morgan fingerprint density at radius 1 is 1.24 bits per heavy atom. The van der Waals surface area contributed by atoms with Gasteiger partial charge in [-0.15, -0.1) is 0 Å². The Hall–Kier alpha value is -1.97. The largest absolute Gasteiger partial charge is 0.508 e. The number of phenolic OH excluding ortho intramolecular Hbond substituents is 1. The Balaban J connectivity index is 1.45. The van der Waals surface area contributed by atoms with E-state index in [1.807, 2.05) is 17.0 Å². The molecule has 2 N–H and O–H groups in total. The van der Waals surface area contributed by atoms with E-state index >= 15 is 0 Å². The number of carbonyl (C=O) groups excluding carboxylic acids is 1. The summed E-state index contributed by atoms with van der Waals surface area (Å²) in [6.45, 7) is 2.37. The van der Waals surface area contributed by atoms with Crippen molar-refractivity contribution in [3.05, 3.63) is 42.0 Å². The number of allylic oxidation sites excluding steroid dienone is 2. The van der Waals surface area contributed by atoms with E-state index in [1.165, 1.54) is 0 Å². The molecule has 3 rings (SSSR count). The van der Waals surface area contributed by atoms with Crippen molar-refractivity contribution in [2.75, 3.05) is 19.6 Å². The van der Waals surface area contributed by atoms with Gasteiger partial charge in [0.25, 0.3) is 0 Å². The van der Waals surface area contributed by atoms with Crippen LogP contribution >= 0.6 is 0 Å². The van der Waals surface area contributed by atoms with Crippen LogP contribution in [-0.2, 0) is 6.42 Å². The molecule has 21 heavy (non-hydrogen) atoms. The molecular weight excluding hydrogens is 264 g/mol. The van der Waals surface area contributed by atoms with Crippen molar-refractivity contribution in [2.24, 2.45) is 11.8 Å². The van der Waals surface area contributed by atoms with Crippen LogP contribution in [0.15, 0.2) is 36.4 Å². The lowest BCUT2D eigenvalue weighted by Crippen LogP contribution is -2.39. The smallest absolute Gasteiger partial charge is 0.317 e. The number of likely N-dealkylation sites (tertiary alicyclic amines) is 1. The Morgan fingerprint density at radius 2 is 1.95 bits per heavy atom. The topological polar surface area (TPSA) is 52.6 Å². The zero-order chi connectivity index (χ0) is 14.7. The van der Waals surface area contributed by atoms with Gasteiger partial charge in [-0.1, -0.05) is 24.3 Å². The number of amides is 2. The number of phenols is 1. The Bertz CT molecular complexity index is 525. The molecule has 1 aliphatic heterocycles. The predicted octanol–water partition coefficient (Wildman–Crippen LogP) is 2.54. The summed E-state index contributed by atoms with van der Waals surface area (Å²) in [7, 11) is 0. The van der Waals surface area contributed by atoms with Gasteiger partial charge >= 0.3 is 6.03 Å². The second-order valence-corrected chi connectivity index (χ2v) is 6.02. The van der Waals surface area contributed by atoms with E-state index < -0.39 is 0 Å². The number of rotatable bonds is 3. The number of hydrogen-bond donors (Lipinski definition) is 2. The molecule has 2 aliphatic rings. The van der Waals surface area contributed by atoms with Crippen molar-refractivity contribution in [2.45, 2.75) is 19.3 Å². The first-order chi connectivity index (χ1) is 10.2. The van der Waals surface area contributed by atoms with Crippen LogP contribution in [0.5, 0.6) is 5.75 Å². The lowest BCUT2D eigenvalue weighted by Gasteiger charge is -2.17. The molecule has 1 aliphatic carbocycles. The van der Waals surface area contributed by atoms with Gasteiger partial charge < -0.3 is 15.3 Å². The fourth-order valence-corrected chi connectivity index (χ4v) is 3.32. The van der Waals surface area contributed by atoms with E-state index in [4.69, 9.17) is 0 Å². The number of fused-ring (bicyclic) bond motifs is 1. The molecule has 0 bridgehead atoms. The standard InChI is InChI=1S/C17H22N2O2/c20-16-7-3-4-13(10-16)8-9-18-17(21)19-11-14-5-1-2-6-15(14)12-19/h1-4,7,10,14-15,20H,5-6,8-9,11-12H2,(H,18,21). The second kappa shape index (κ2) is 6.20. The van der Waals surface area contributed by atoms with E-state index in [-0.39, 0.29) is 11.8 Å². The van der Waals surface area contributed by atoms with Crippen LogP contribution in [0.4, 0.5) is 4.79 Å². The summed E-state index contributed by atoms with van der Waals surface area (Å²) in [5, 5.41) is 12.4. The molecule has 1 aromatic carbocycles. The molecule has 1 saturated heterocycles. The highest BCUT2D eigenvalue weighted by atomic mass is 16.3. The van der Waals surface area contributed by atoms with Gasteiger partial charge in [-0.25, -0.2) is 4.79 Å². The summed E-state index contributed by atoms with van der Waals surface area (Å²) in [6.07, 6.45) is 7.44. The van der Waals surface area contributed by atoms with Crippen LogP contribution in [0, 0.1) is 11.8 Å². The second-order valence-electron chi connectivity index (χ2n) is 6.02. The maximum atomic E-state index is 12.2. The summed E-state index contributed by atoms with van der Waals surface area (Å²) < 4.78 is 0. The van der Waals surface area contributed by atoms with Gasteiger partial charge in [0.2, 0.25) is 0 Å². The molecule has 4 heteroatoms. The summed E-state index contributed by atoms with van der Waals surface area (Å²) in [4.78, 5) is 14.1. The fourth-order valence-electron chi connectivity index (χ4n) is 3.32. The van der Waals surface area contributed by atoms with Crippen LogP contribution < -0.4 is 5.32 Å². The Labute approximate surface area is 125 Å². The summed E-state index contributed by atoms with van der Waals surface area (Å²) in [5.74, 6) is 1.56. The fraction of sp³-hybridized carbons (Fsp3) is 0.471. The first-order valence-corrected chi connectivity index (χ1v) is 7.68. The lowest BCUT2D eigenvalue weighted by atomic mass is 9.86. The van der Waals surface area contributed by atoms with Crippen LogP contribution in [0.2, 0.25) is 0 Å². The number of carbonyl (C=O) groups is 1. The molecule has 2 atom stereocenters. The number of nitrogens with one attached hydrogen (secondary N) is 1. The number of hydrogen-bond acceptors (Lipinski definition) is 2. The van der Waals surface area contributed by atoms with Crippen LogP contribution in [0.3, 0.4) is 0 Å². The molecule has 0 aromatic heterocycles. The maximum Gasteiger partial charge on any atom is 0.317 e. The zero-order valence-electron chi connectivity index (χ0n) is 12.2. The molecule has 0 saturated carbocycles. The minimum Gasteiger partial charge on any atom is -0.508 e. The third kappa shape index (κ3) is 3.38. The first-order valence-electron chi connectivity index (χ1n) is 7.68. The molecule has 1 aromatic rings. The van der Waals surface area contributed by atoms with Gasteiger partial charge in [0.15, 0.2) is 0 Å².